The van der Waals surface area contributed by atoms with Crippen LogP contribution in [0.3, 0.4) is 0 Å². The Labute approximate surface area is 129 Å². The Kier molecular flexibility index (Phi) is 7.74. The Morgan fingerprint density at radius 3 is 2.38 bits per heavy atom. The van der Waals surface area contributed by atoms with E-state index in [4.69, 9.17) is 0 Å². The van der Waals surface area contributed by atoms with E-state index in [2.05, 4.69) is 37.2 Å². The third-order valence-electron chi connectivity index (χ3n) is 4.71. The molecule has 0 unspecified atom stereocenters. The Bertz CT molecular complexity index is 352. The first-order valence-electron chi connectivity index (χ1n) is 8.41. The van der Waals surface area contributed by atoms with Crippen LogP contribution in [0.5, 0.6) is 0 Å². The van der Waals surface area contributed by atoms with Crippen LogP contribution in [0.15, 0.2) is 0 Å². The van der Waals surface area contributed by atoms with Gasteiger partial charge in [0.2, 0.25) is 5.91 Å². The van der Waals surface area contributed by atoms with Crippen molar-refractivity contribution >= 4 is 5.91 Å². The average Bonchev–Trinajstić information content (AvgIpc) is 2.72. The van der Waals surface area contributed by atoms with E-state index in [1.54, 1.807) is 0 Å². The van der Waals surface area contributed by atoms with E-state index in [1.165, 1.54) is 0 Å². The highest BCUT2D eigenvalue weighted by molar-refractivity contribution is 5.85. The van der Waals surface area contributed by atoms with E-state index in [0.717, 1.165) is 57.9 Å². The lowest BCUT2D eigenvalue weighted by atomic mass is 9.81. The smallest absolute Gasteiger partial charge is 0.240 e. The minimum absolute atomic E-state index is 0.0379. The van der Waals surface area contributed by atoms with Crippen molar-refractivity contribution in [3.05, 3.63) is 0 Å². The van der Waals surface area contributed by atoms with E-state index >= 15 is 0 Å². The summed E-state index contributed by atoms with van der Waals surface area (Å²) in [6, 6.07) is 2.87. The fourth-order valence-corrected chi connectivity index (χ4v) is 2.84. The van der Waals surface area contributed by atoms with Crippen LogP contribution in [0.1, 0.15) is 65.2 Å². The standard InChI is InChI=1S/C17H31N3O/c1-15(2)20(3)13-9-8-12-19-16(21)17(14-18)10-6-4-5-7-11-17/h15H,4-13H2,1-3H3,(H,19,21). The zero-order valence-corrected chi connectivity index (χ0v) is 14.0. The van der Waals surface area contributed by atoms with Crippen molar-refractivity contribution in [2.75, 3.05) is 20.1 Å². The summed E-state index contributed by atoms with van der Waals surface area (Å²) in [5, 5.41) is 12.5. The van der Waals surface area contributed by atoms with Crippen LogP contribution in [-0.2, 0) is 4.79 Å². The largest absolute Gasteiger partial charge is 0.355 e. The highest BCUT2D eigenvalue weighted by atomic mass is 16.2. The molecule has 1 amide bonds. The van der Waals surface area contributed by atoms with Gasteiger partial charge in [0, 0.05) is 12.6 Å². The van der Waals surface area contributed by atoms with Gasteiger partial charge in [-0.25, -0.2) is 0 Å². The number of carbonyl (C=O) groups excluding carboxylic acids is 1. The first kappa shape index (κ1) is 18.0. The second kappa shape index (κ2) is 9.04. The zero-order chi connectivity index (χ0) is 15.7. The number of amides is 1. The molecule has 0 spiro atoms. The number of unbranched alkanes of at least 4 members (excludes halogenated alkanes) is 1. The number of rotatable bonds is 7. The van der Waals surface area contributed by atoms with Gasteiger partial charge in [-0.05, 0) is 53.1 Å². The normalized spacial score (nSPS) is 18.3. The molecule has 1 aliphatic rings. The highest BCUT2D eigenvalue weighted by Crippen LogP contribution is 2.34. The quantitative estimate of drug-likeness (QED) is 0.579. The number of hydrogen-bond donors (Lipinski definition) is 1. The van der Waals surface area contributed by atoms with Crippen molar-refractivity contribution in [3.63, 3.8) is 0 Å². The Morgan fingerprint density at radius 2 is 1.86 bits per heavy atom. The minimum Gasteiger partial charge on any atom is -0.355 e. The summed E-state index contributed by atoms with van der Waals surface area (Å²) < 4.78 is 0. The van der Waals surface area contributed by atoms with Gasteiger partial charge >= 0.3 is 0 Å². The van der Waals surface area contributed by atoms with Gasteiger partial charge < -0.3 is 10.2 Å². The molecule has 120 valence electrons. The molecule has 1 N–H and O–H groups in total. The van der Waals surface area contributed by atoms with Crippen molar-refractivity contribution in [3.8, 4) is 6.07 Å². The summed E-state index contributed by atoms with van der Waals surface area (Å²) in [6.45, 7) is 6.11. The monoisotopic (exact) mass is 293 g/mol. The van der Waals surface area contributed by atoms with Gasteiger partial charge in [-0.2, -0.15) is 5.26 Å². The van der Waals surface area contributed by atoms with E-state index < -0.39 is 5.41 Å². The molecule has 0 saturated heterocycles. The molecule has 0 aliphatic heterocycles. The van der Waals surface area contributed by atoms with Crippen LogP contribution < -0.4 is 5.32 Å². The molecule has 1 rings (SSSR count). The Balaban J connectivity index is 2.30. The molecular formula is C17H31N3O. The maximum atomic E-state index is 12.4. The van der Waals surface area contributed by atoms with Crippen molar-refractivity contribution < 1.29 is 4.79 Å². The van der Waals surface area contributed by atoms with E-state index in [0.29, 0.717) is 12.6 Å². The van der Waals surface area contributed by atoms with Crippen molar-refractivity contribution in [2.24, 2.45) is 5.41 Å². The van der Waals surface area contributed by atoms with Crippen molar-refractivity contribution in [1.29, 1.82) is 5.26 Å². The van der Waals surface area contributed by atoms with Gasteiger partial charge in [-0.1, -0.05) is 25.7 Å². The van der Waals surface area contributed by atoms with Crippen molar-refractivity contribution in [2.45, 2.75) is 71.3 Å². The minimum atomic E-state index is -0.759. The molecule has 0 aromatic heterocycles. The third-order valence-corrected chi connectivity index (χ3v) is 4.71. The molecule has 0 radical (unpaired) electrons. The van der Waals surface area contributed by atoms with Crippen LogP contribution in [-0.4, -0.2) is 37.0 Å². The summed E-state index contributed by atoms with van der Waals surface area (Å²) in [5.41, 5.74) is -0.759. The van der Waals surface area contributed by atoms with E-state index in [1.807, 2.05) is 0 Å². The summed E-state index contributed by atoms with van der Waals surface area (Å²) in [5.74, 6) is -0.0379. The number of hydrogen-bond acceptors (Lipinski definition) is 3. The van der Waals surface area contributed by atoms with Crippen LogP contribution >= 0.6 is 0 Å². The van der Waals surface area contributed by atoms with Crippen LogP contribution in [0.4, 0.5) is 0 Å². The fourth-order valence-electron chi connectivity index (χ4n) is 2.84. The lowest BCUT2D eigenvalue weighted by Gasteiger charge is -2.24. The lowest BCUT2D eigenvalue weighted by molar-refractivity contribution is -0.128. The van der Waals surface area contributed by atoms with Crippen LogP contribution in [0.25, 0.3) is 0 Å². The van der Waals surface area contributed by atoms with Gasteiger partial charge in [-0.15, -0.1) is 0 Å². The SMILES string of the molecule is CC(C)N(C)CCCCNC(=O)C1(C#N)CCCCCC1. The van der Waals surface area contributed by atoms with Gasteiger partial charge in [0.15, 0.2) is 0 Å². The van der Waals surface area contributed by atoms with Gasteiger partial charge in [0.05, 0.1) is 6.07 Å². The molecule has 0 aromatic rings. The maximum absolute atomic E-state index is 12.4. The fraction of sp³-hybridized carbons (Fsp3) is 0.882. The molecule has 0 atom stereocenters. The topological polar surface area (TPSA) is 56.1 Å². The van der Waals surface area contributed by atoms with Crippen molar-refractivity contribution in [1.82, 2.24) is 10.2 Å². The van der Waals surface area contributed by atoms with Gasteiger partial charge in [0.1, 0.15) is 5.41 Å². The van der Waals surface area contributed by atoms with Crippen LogP contribution in [0.2, 0.25) is 0 Å². The molecule has 21 heavy (non-hydrogen) atoms. The average molecular weight is 293 g/mol. The predicted molar refractivity (Wildman–Crippen MR) is 85.8 cm³/mol. The molecule has 4 nitrogen and oxygen atoms in total. The second-order valence-electron chi connectivity index (χ2n) is 6.65. The Hall–Kier alpha value is -1.08. The molecule has 4 heteroatoms. The first-order chi connectivity index (χ1) is 10.0. The highest BCUT2D eigenvalue weighted by Gasteiger charge is 2.38. The van der Waals surface area contributed by atoms with Gasteiger partial charge in [0.25, 0.3) is 0 Å². The number of nitrogens with one attached hydrogen (secondary N) is 1. The molecule has 0 aromatic carbocycles. The van der Waals surface area contributed by atoms with Gasteiger partial charge in [-0.3, -0.25) is 4.79 Å². The Morgan fingerprint density at radius 1 is 1.24 bits per heavy atom. The lowest BCUT2D eigenvalue weighted by Crippen LogP contribution is -2.40. The number of nitriles is 1. The summed E-state index contributed by atoms with van der Waals surface area (Å²) >= 11 is 0. The van der Waals surface area contributed by atoms with E-state index in [9.17, 15) is 10.1 Å². The molecule has 1 fully saturated rings. The van der Waals surface area contributed by atoms with E-state index in [-0.39, 0.29) is 5.91 Å². The third kappa shape index (κ3) is 5.67. The number of carbonyl (C=O) groups is 1. The first-order valence-corrected chi connectivity index (χ1v) is 8.41. The number of nitrogens with zero attached hydrogens (tertiary/aromatic N) is 2. The second-order valence-corrected chi connectivity index (χ2v) is 6.65. The summed E-state index contributed by atoms with van der Waals surface area (Å²) in [7, 11) is 2.12. The zero-order valence-electron chi connectivity index (χ0n) is 14.0. The molecule has 1 aliphatic carbocycles. The van der Waals surface area contributed by atoms with Crippen LogP contribution in [0, 0.1) is 16.7 Å². The molecule has 0 bridgehead atoms. The molecule has 1 saturated carbocycles. The summed E-state index contributed by atoms with van der Waals surface area (Å²) in [6.07, 6.45) is 7.81. The predicted octanol–water partition coefficient (Wildman–Crippen LogP) is 3.09. The molecular weight excluding hydrogens is 262 g/mol. The summed E-state index contributed by atoms with van der Waals surface area (Å²) in [4.78, 5) is 14.7. The molecule has 0 heterocycles. The maximum Gasteiger partial charge on any atom is 0.240 e.